The Morgan fingerprint density at radius 2 is 2.27 bits per heavy atom. The van der Waals surface area contributed by atoms with Crippen LogP contribution in [0.5, 0.6) is 0 Å². The third kappa shape index (κ3) is 3.85. The fraction of sp³-hybridized carbons (Fsp3) is 0.250. The number of carbonyl (C=O) groups is 1. The minimum Gasteiger partial charge on any atom is -0.463 e. The summed E-state index contributed by atoms with van der Waals surface area (Å²) in [5.74, 6) is -0.280. The predicted molar refractivity (Wildman–Crippen MR) is 59.9 cm³/mol. The molecule has 0 amide bonds. The van der Waals surface area contributed by atoms with Crippen LogP contribution >= 0.6 is 0 Å². The summed E-state index contributed by atoms with van der Waals surface area (Å²) in [5.41, 5.74) is 1.45. The van der Waals surface area contributed by atoms with Crippen molar-refractivity contribution in [2.75, 3.05) is 6.61 Å². The molecule has 0 saturated carbocycles. The average molecular weight is 205 g/mol. The summed E-state index contributed by atoms with van der Waals surface area (Å²) in [6.07, 6.45) is 11.2. The quantitative estimate of drug-likeness (QED) is 0.566. The van der Waals surface area contributed by atoms with Gasteiger partial charge in [0.25, 0.3) is 0 Å². The number of hydrogen-bond donors (Lipinski definition) is 1. The maximum atomic E-state index is 11.3. The van der Waals surface area contributed by atoms with Crippen molar-refractivity contribution in [3.63, 3.8) is 0 Å². The molecule has 80 valence electrons. The van der Waals surface area contributed by atoms with Gasteiger partial charge in [0.05, 0.1) is 6.61 Å². The average Bonchev–Trinajstić information content (AvgIpc) is 2.46. The Labute approximate surface area is 89.8 Å². The maximum Gasteiger partial charge on any atom is 0.333 e. The Morgan fingerprint density at radius 3 is 3.00 bits per heavy atom. The van der Waals surface area contributed by atoms with Gasteiger partial charge in [-0.2, -0.15) is 0 Å². The Kier molecular flexibility index (Phi) is 4.41. The summed E-state index contributed by atoms with van der Waals surface area (Å²) in [6.45, 7) is 3.93. The number of allylic oxidation sites excluding steroid dienone is 5. The van der Waals surface area contributed by atoms with Gasteiger partial charge in [0.1, 0.15) is 0 Å². The van der Waals surface area contributed by atoms with Crippen LogP contribution in [-0.4, -0.2) is 12.6 Å². The summed E-state index contributed by atoms with van der Waals surface area (Å²) in [6, 6.07) is 0. The Hall–Kier alpha value is -1.77. The molecule has 0 aromatic rings. The van der Waals surface area contributed by atoms with Crippen molar-refractivity contribution in [3.05, 3.63) is 47.9 Å². The van der Waals surface area contributed by atoms with Crippen molar-refractivity contribution >= 4 is 5.97 Å². The molecule has 1 heterocycles. The van der Waals surface area contributed by atoms with E-state index < -0.39 is 0 Å². The van der Waals surface area contributed by atoms with Gasteiger partial charge in [0.2, 0.25) is 0 Å². The number of nitrogens with one attached hydrogen (secondary N) is 1. The summed E-state index contributed by atoms with van der Waals surface area (Å²) in [7, 11) is 0. The summed E-state index contributed by atoms with van der Waals surface area (Å²) >= 11 is 0. The molecule has 0 unspecified atom stereocenters. The van der Waals surface area contributed by atoms with E-state index in [1.807, 2.05) is 30.5 Å². The van der Waals surface area contributed by atoms with Crippen molar-refractivity contribution < 1.29 is 9.53 Å². The summed E-state index contributed by atoms with van der Waals surface area (Å²) < 4.78 is 4.88. The van der Waals surface area contributed by atoms with Gasteiger partial charge in [-0.1, -0.05) is 12.2 Å². The zero-order valence-corrected chi connectivity index (χ0v) is 8.99. The molecule has 15 heavy (non-hydrogen) atoms. The van der Waals surface area contributed by atoms with E-state index in [9.17, 15) is 4.79 Å². The highest BCUT2D eigenvalue weighted by atomic mass is 16.5. The van der Waals surface area contributed by atoms with Gasteiger partial charge in [-0.15, -0.1) is 0 Å². The molecule has 0 spiro atoms. The lowest BCUT2D eigenvalue weighted by Gasteiger charge is -2.03. The van der Waals surface area contributed by atoms with E-state index in [1.165, 1.54) is 0 Å². The first-order chi connectivity index (χ1) is 7.24. The largest absolute Gasteiger partial charge is 0.463 e. The third-order valence-electron chi connectivity index (χ3n) is 1.81. The molecule has 0 atom stereocenters. The molecule has 1 N–H and O–H groups in total. The number of hydrogen-bond acceptors (Lipinski definition) is 3. The monoisotopic (exact) mass is 205 g/mol. The van der Waals surface area contributed by atoms with E-state index >= 15 is 0 Å². The third-order valence-corrected chi connectivity index (χ3v) is 1.81. The van der Waals surface area contributed by atoms with Gasteiger partial charge in [0, 0.05) is 17.5 Å². The van der Waals surface area contributed by atoms with Crippen LogP contribution in [0.2, 0.25) is 0 Å². The first-order valence-electron chi connectivity index (χ1n) is 4.89. The zero-order chi connectivity index (χ0) is 11.1. The number of esters is 1. The van der Waals surface area contributed by atoms with E-state index in [4.69, 9.17) is 4.74 Å². The van der Waals surface area contributed by atoms with Gasteiger partial charge >= 0.3 is 5.97 Å². The fourth-order valence-electron chi connectivity index (χ4n) is 1.10. The molecule has 0 aromatic carbocycles. The Morgan fingerprint density at radius 1 is 1.47 bits per heavy atom. The zero-order valence-electron chi connectivity index (χ0n) is 8.99. The smallest absolute Gasteiger partial charge is 0.333 e. The maximum absolute atomic E-state index is 11.3. The minimum atomic E-state index is -0.280. The minimum absolute atomic E-state index is 0.280. The van der Waals surface area contributed by atoms with E-state index in [0.29, 0.717) is 12.2 Å². The number of ether oxygens (including phenoxy) is 1. The molecular weight excluding hydrogens is 190 g/mol. The molecule has 1 aliphatic rings. The molecule has 0 aromatic heterocycles. The summed E-state index contributed by atoms with van der Waals surface area (Å²) in [4.78, 5) is 11.3. The Balaban J connectivity index is 2.69. The van der Waals surface area contributed by atoms with Gasteiger partial charge in [-0.05, 0) is 32.1 Å². The first kappa shape index (κ1) is 11.3. The van der Waals surface area contributed by atoms with Gasteiger partial charge < -0.3 is 10.1 Å². The number of carbonyl (C=O) groups excluding carboxylic acids is 1. The fourth-order valence-corrected chi connectivity index (χ4v) is 1.10. The van der Waals surface area contributed by atoms with Gasteiger partial charge in [-0.3, -0.25) is 0 Å². The molecule has 0 fully saturated rings. The summed E-state index contributed by atoms with van der Waals surface area (Å²) in [5, 5.41) is 3.04. The van der Waals surface area contributed by atoms with E-state index in [2.05, 4.69) is 5.32 Å². The van der Waals surface area contributed by atoms with Crippen LogP contribution < -0.4 is 5.32 Å². The van der Waals surface area contributed by atoms with Crippen molar-refractivity contribution in [1.82, 2.24) is 5.32 Å². The lowest BCUT2D eigenvalue weighted by atomic mass is 10.2. The molecule has 3 nitrogen and oxygen atoms in total. The molecule has 1 aliphatic heterocycles. The van der Waals surface area contributed by atoms with Crippen LogP contribution in [0.3, 0.4) is 0 Å². The van der Waals surface area contributed by atoms with Gasteiger partial charge in [0.15, 0.2) is 0 Å². The topological polar surface area (TPSA) is 38.3 Å². The second kappa shape index (κ2) is 5.86. The molecule has 0 aliphatic carbocycles. The highest BCUT2D eigenvalue weighted by Crippen LogP contribution is 2.04. The molecule has 1 rings (SSSR count). The first-order valence-corrected chi connectivity index (χ1v) is 4.89. The number of rotatable bonds is 3. The standard InChI is InChI=1S/C12H15NO2/c1-3-15-12(14)10(2)9-11-7-5-4-6-8-13-11/h4-9,13H,3H2,1-2H3. The van der Waals surface area contributed by atoms with E-state index in [-0.39, 0.29) is 5.97 Å². The SMILES string of the molecule is CCOC(=O)C(C)=CC1=CC=CC=CN1. The van der Waals surface area contributed by atoms with Crippen molar-refractivity contribution in [2.24, 2.45) is 0 Å². The van der Waals surface area contributed by atoms with Crippen LogP contribution in [0.4, 0.5) is 0 Å². The highest BCUT2D eigenvalue weighted by molar-refractivity contribution is 5.88. The van der Waals surface area contributed by atoms with Crippen molar-refractivity contribution in [2.45, 2.75) is 13.8 Å². The predicted octanol–water partition coefficient (Wildman–Crippen LogP) is 2.05. The normalized spacial score (nSPS) is 15.3. The lowest BCUT2D eigenvalue weighted by Crippen LogP contribution is -2.08. The molecule has 0 bridgehead atoms. The van der Waals surface area contributed by atoms with Crippen LogP contribution in [0, 0.1) is 0 Å². The van der Waals surface area contributed by atoms with E-state index in [0.717, 1.165) is 5.70 Å². The second-order valence-electron chi connectivity index (χ2n) is 3.06. The van der Waals surface area contributed by atoms with Crippen LogP contribution in [0.15, 0.2) is 47.9 Å². The molecule has 3 heteroatoms. The van der Waals surface area contributed by atoms with Crippen LogP contribution in [0.25, 0.3) is 0 Å². The molecule has 0 saturated heterocycles. The highest BCUT2D eigenvalue weighted by Gasteiger charge is 2.04. The molecule has 0 radical (unpaired) electrons. The van der Waals surface area contributed by atoms with E-state index in [1.54, 1.807) is 19.9 Å². The van der Waals surface area contributed by atoms with Crippen LogP contribution in [-0.2, 0) is 9.53 Å². The lowest BCUT2D eigenvalue weighted by molar-refractivity contribution is -0.138. The van der Waals surface area contributed by atoms with Crippen LogP contribution in [0.1, 0.15) is 13.8 Å². The Bertz CT molecular complexity index is 349. The second-order valence-corrected chi connectivity index (χ2v) is 3.06. The van der Waals surface area contributed by atoms with Crippen molar-refractivity contribution in [3.8, 4) is 0 Å². The van der Waals surface area contributed by atoms with Gasteiger partial charge in [-0.25, -0.2) is 4.79 Å². The molecular formula is C12H15NO2. The van der Waals surface area contributed by atoms with Crippen molar-refractivity contribution in [1.29, 1.82) is 0 Å².